The zero-order chi connectivity index (χ0) is 11.4. The van der Waals surface area contributed by atoms with Crippen molar-refractivity contribution in [1.29, 1.82) is 0 Å². The molecule has 0 aliphatic heterocycles. The van der Waals surface area contributed by atoms with Gasteiger partial charge in [-0.25, -0.2) is 4.98 Å². The molecule has 0 aromatic carbocycles. The maximum atomic E-state index is 5.28. The summed E-state index contributed by atoms with van der Waals surface area (Å²) in [5.74, 6) is 1.05. The van der Waals surface area contributed by atoms with Crippen LogP contribution in [0, 0.1) is 6.92 Å². The molecule has 0 fully saturated rings. The summed E-state index contributed by atoms with van der Waals surface area (Å²) in [7, 11) is 0. The van der Waals surface area contributed by atoms with E-state index in [9.17, 15) is 0 Å². The van der Waals surface area contributed by atoms with Crippen LogP contribution in [0.1, 0.15) is 12.6 Å². The molecule has 0 saturated carbocycles. The van der Waals surface area contributed by atoms with E-state index in [1.807, 2.05) is 13.8 Å². The molecular formula is C10H13N5O. The molecule has 0 bridgehead atoms. The van der Waals surface area contributed by atoms with Gasteiger partial charge in [-0.2, -0.15) is 10.1 Å². The van der Waals surface area contributed by atoms with E-state index < -0.39 is 0 Å². The summed E-state index contributed by atoms with van der Waals surface area (Å²) < 4.78 is 5.28. The second-order valence-electron chi connectivity index (χ2n) is 3.19. The number of nitrogens with zero attached hydrogens (tertiary/aromatic N) is 3. The molecule has 2 heterocycles. The van der Waals surface area contributed by atoms with Gasteiger partial charge in [0.25, 0.3) is 0 Å². The predicted molar refractivity (Wildman–Crippen MR) is 59.8 cm³/mol. The molecule has 0 radical (unpaired) electrons. The van der Waals surface area contributed by atoms with Gasteiger partial charge in [-0.1, -0.05) is 0 Å². The van der Waals surface area contributed by atoms with Gasteiger partial charge in [0.1, 0.15) is 0 Å². The maximum absolute atomic E-state index is 5.28. The fourth-order valence-corrected chi connectivity index (χ4v) is 1.23. The molecule has 84 valence electrons. The van der Waals surface area contributed by atoms with Crippen LogP contribution in [-0.2, 0) is 0 Å². The number of ether oxygens (including phenoxy) is 1. The number of nitrogens with one attached hydrogen (secondary N) is 2. The van der Waals surface area contributed by atoms with Crippen molar-refractivity contribution in [2.24, 2.45) is 0 Å². The third-order valence-electron chi connectivity index (χ3n) is 2.00. The second-order valence-corrected chi connectivity index (χ2v) is 3.19. The van der Waals surface area contributed by atoms with E-state index in [4.69, 9.17) is 4.74 Å². The Labute approximate surface area is 93.1 Å². The Kier molecular flexibility index (Phi) is 3.00. The molecule has 0 amide bonds. The Morgan fingerprint density at radius 2 is 2.38 bits per heavy atom. The number of hydrogen-bond acceptors (Lipinski definition) is 5. The Hall–Kier alpha value is -2.11. The van der Waals surface area contributed by atoms with Gasteiger partial charge in [-0.05, 0) is 13.8 Å². The van der Waals surface area contributed by atoms with Crippen molar-refractivity contribution in [2.45, 2.75) is 13.8 Å². The number of anilines is 2. The molecule has 16 heavy (non-hydrogen) atoms. The van der Waals surface area contributed by atoms with E-state index in [0.717, 1.165) is 11.4 Å². The van der Waals surface area contributed by atoms with E-state index in [0.29, 0.717) is 18.4 Å². The van der Waals surface area contributed by atoms with Crippen LogP contribution in [0.15, 0.2) is 18.5 Å². The van der Waals surface area contributed by atoms with E-state index in [2.05, 4.69) is 25.5 Å². The van der Waals surface area contributed by atoms with Crippen LogP contribution in [0.2, 0.25) is 0 Å². The summed E-state index contributed by atoms with van der Waals surface area (Å²) in [5.41, 5.74) is 1.79. The molecule has 0 saturated heterocycles. The summed E-state index contributed by atoms with van der Waals surface area (Å²) in [4.78, 5) is 8.29. The molecule has 6 nitrogen and oxygen atoms in total. The first kappa shape index (κ1) is 10.4. The summed E-state index contributed by atoms with van der Waals surface area (Å²) >= 11 is 0. The van der Waals surface area contributed by atoms with Crippen LogP contribution in [0.5, 0.6) is 5.88 Å². The van der Waals surface area contributed by atoms with Crippen molar-refractivity contribution in [1.82, 2.24) is 20.2 Å². The molecule has 0 spiro atoms. The molecule has 2 N–H and O–H groups in total. The average molecular weight is 219 g/mol. The molecule has 2 aromatic rings. The third-order valence-corrected chi connectivity index (χ3v) is 2.00. The first-order chi connectivity index (χ1) is 7.79. The smallest absolute Gasteiger partial charge is 0.230 e. The van der Waals surface area contributed by atoms with E-state index >= 15 is 0 Å². The first-order valence-electron chi connectivity index (χ1n) is 5.02. The molecule has 0 unspecified atom stereocenters. The highest BCUT2D eigenvalue weighted by Crippen LogP contribution is 2.16. The lowest BCUT2D eigenvalue weighted by Gasteiger charge is -2.05. The van der Waals surface area contributed by atoms with Gasteiger partial charge in [0.2, 0.25) is 11.8 Å². The number of aromatic amines is 1. The summed E-state index contributed by atoms with van der Waals surface area (Å²) in [5, 5.41) is 9.79. The fourth-order valence-electron chi connectivity index (χ4n) is 1.23. The second kappa shape index (κ2) is 4.61. The van der Waals surface area contributed by atoms with Crippen LogP contribution in [0.25, 0.3) is 0 Å². The van der Waals surface area contributed by atoms with Gasteiger partial charge in [0.15, 0.2) is 0 Å². The number of H-pyrrole nitrogens is 1. The molecule has 2 rings (SSSR count). The predicted octanol–water partition coefficient (Wildman–Crippen LogP) is 1.65. The van der Waals surface area contributed by atoms with Gasteiger partial charge in [-0.3, -0.25) is 5.10 Å². The highest BCUT2D eigenvalue weighted by Gasteiger charge is 2.03. The minimum Gasteiger partial charge on any atom is -0.478 e. The average Bonchev–Trinajstić information content (AvgIpc) is 2.66. The lowest BCUT2D eigenvalue weighted by molar-refractivity contribution is 0.327. The van der Waals surface area contributed by atoms with Gasteiger partial charge < -0.3 is 10.1 Å². The number of rotatable bonds is 4. The number of hydrogen-bond donors (Lipinski definition) is 2. The standard InChI is InChI=1S/C10H13N5O/c1-3-16-9-4-5-11-10(14-9)13-8-6-12-15-7(8)2/h4-6H,3H2,1-2H3,(H,12,15)(H,11,13,14). The Morgan fingerprint density at radius 3 is 3.06 bits per heavy atom. The zero-order valence-corrected chi connectivity index (χ0v) is 9.19. The molecule has 0 atom stereocenters. The van der Waals surface area contributed by atoms with Crippen molar-refractivity contribution in [3.63, 3.8) is 0 Å². The van der Waals surface area contributed by atoms with Gasteiger partial charge in [0, 0.05) is 12.3 Å². The van der Waals surface area contributed by atoms with E-state index in [1.165, 1.54) is 0 Å². The van der Waals surface area contributed by atoms with Crippen LogP contribution in [-0.4, -0.2) is 26.8 Å². The minimum atomic E-state index is 0.496. The quantitative estimate of drug-likeness (QED) is 0.817. The number of aromatic nitrogens is 4. The van der Waals surface area contributed by atoms with Gasteiger partial charge >= 0.3 is 0 Å². The van der Waals surface area contributed by atoms with Crippen molar-refractivity contribution in [3.05, 3.63) is 24.2 Å². The Balaban J connectivity index is 2.15. The maximum Gasteiger partial charge on any atom is 0.230 e. The highest BCUT2D eigenvalue weighted by atomic mass is 16.5. The van der Waals surface area contributed by atoms with Crippen molar-refractivity contribution in [2.75, 3.05) is 11.9 Å². The monoisotopic (exact) mass is 219 g/mol. The zero-order valence-electron chi connectivity index (χ0n) is 9.19. The minimum absolute atomic E-state index is 0.496. The van der Waals surface area contributed by atoms with E-state index in [-0.39, 0.29) is 0 Å². The van der Waals surface area contributed by atoms with Crippen LogP contribution >= 0.6 is 0 Å². The van der Waals surface area contributed by atoms with Crippen molar-refractivity contribution < 1.29 is 4.74 Å². The highest BCUT2D eigenvalue weighted by molar-refractivity contribution is 5.54. The fraction of sp³-hybridized carbons (Fsp3) is 0.300. The van der Waals surface area contributed by atoms with Gasteiger partial charge in [0.05, 0.1) is 24.2 Å². The summed E-state index contributed by atoms with van der Waals surface area (Å²) in [6, 6.07) is 1.72. The van der Waals surface area contributed by atoms with Crippen LogP contribution in [0.3, 0.4) is 0 Å². The SMILES string of the molecule is CCOc1ccnc(Nc2cn[nH]c2C)n1. The molecule has 0 aliphatic rings. The lowest BCUT2D eigenvalue weighted by Crippen LogP contribution is -2.00. The normalized spacial score (nSPS) is 10.1. The Bertz CT molecular complexity index is 468. The van der Waals surface area contributed by atoms with Crippen molar-refractivity contribution in [3.8, 4) is 5.88 Å². The number of aryl methyl sites for hydroxylation is 1. The summed E-state index contributed by atoms with van der Waals surface area (Å²) in [6.07, 6.45) is 3.34. The third kappa shape index (κ3) is 2.28. The lowest BCUT2D eigenvalue weighted by atomic mass is 10.4. The van der Waals surface area contributed by atoms with Crippen LogP contribution < -0.4 is 10.1 Å². The van der Waals surface area contributed by atoms with E-state index in [1.54, 1.807) is 18.5 Å². The first-order valence-corrected chi connectivity index (χ1v) is 5.02. The van der Waals surface area contributed by atoms with Crippen molar-refractivity contribution >= 4 is 11.6 Å². The molecule has 2 aromatic heterocycles. The molecule has 6 heteroatoms. The Morgan fingerprint density at radius 1 is 1.50 bits per heavy atom. The van der Waals surface area contributed by atoms with Crippen LogP contribution in [0.4, 0.5) is 11.6 Å². The molecule has 0 aliphatic carbocycles. The van der Waals surface area contributed by atoms with Gasteiger partial charge in [-0.15, -0.1) is 0 Å². The summed E-state index contributed by atoms with van der Waals surface area (Å²) in [6.45, 7) is 4.42. The molecular weight excluding hydrogens is 206 g/mol. The topological polar surface area (TPSA) is 75.7 Å². The largest absolute Gasteiger partial charge is 0.478 e.